The van der Waals surface area contributed by atoms with Gasteiger partial charge in [0.1, 0.15) is 12.4 Å². The van der Waals surface area contributed by atoms with E-state index in [0.29, 0.717) is 13.2 Å². The second-order valence-corrected chi connectivity index (χ2v) is 3.97. The highest BCUT2D eigenvalue weighted by Gasteiger charge is 2.03. The molecule has 0 atom stereocenters. The van der Waals surface area contributed by atoms with Gasteiger partial charge in [0, 0.05) is 7.11 Å². The Labute approximate surface area is 97.9 Å². The molecule has 0 spiro atoms. The summed E-state index contributed by atoms with van der Waals surface area (Å²) in [6, 6.07) is 4.28. The lowest BCUT2D eigenvalue weighted by molar-refractivity contribution is 0.233. The molecule has 1 aromatic rings. The van der Waals surface area contributed by atoms with E-state index in [9.17, 15) is 0 Å². The van der Waals surface area contributed by atoms with Crippen molar-refractivity contribution in [3.63, 3.8) is 0 Å². The lowest BCUT2D eigenvalue weighted by Gasteiger charge is -2.11. The van der Waals surface area contributed by atoms with Crippen LogP contribution < -0.4 is 4.74 Å². The van der Waals surface area contributed by atoms with Gasteiger partial charge in [-0.15, -0.1) is 0 Å². The highest BCUT2D eigenvalue weighted by atomic mass is 16.5. The maximum absolute atomic E-state index is 5.73. The fourth-order valence-corrected chi connectivity index (χ4v) is 1.76. The lowest BCUT2D eigenvalue weighted by Crippen LogP contribution is -1.99. The first kappa shape index (κ1) is 12.8. The molecule has 0 radical (unpaired) electrons. The van der Waals surface area contributed by atoms with Crippen molar-refractivity contribution in [3.8, 4) is 5.75 Å². The van der Waals surface area contributed by atoms with Gasteiger partial charge < -0.3 is 9.47 Å². The van der Waals surface area contributed by atoms with Gasteiger partial charge in [0.2, 0.25) is 0 Å². The van der Waals surface area contributed by atoms with Crippen LogP contribution in [0.2, 0.25) is 0 Å². The molecular weight excluding hydrogens is 200 g/mol. The minimum atomic E-state index is 0.591. The molecule has 88 valence electrons. The van der Waals surface area contributed by atoms with E-state index in [-0.39, 0.29) is 0 Å². The Hall–Kier alpha value is -1.28. The molecule has 0 aromatic heterocycles. The predicted molar refractivity (Wildman–Crippen MR) is 67.2 cm³/mol. The van der Waals surface area contributed by atoms with Crippen LogP contribution in [-0.2, 0) is 4.74 Å². The van der Waals surface area contributed by atoms with E-state index in [1.807, 2.05) is 12.2 Å². The first-order chi connectivity index (χ1) is 7.65. The van der Waals surface area contributed by atoms with Crippen LogP contribution in [0.1, 0.15) is 16.7 Å². The van der Waals surface area contributed by atoms with Gasteiger partial charge in [-0.05, 0) is 38.0 Å². The molecule has 0 aliphatic carbocycles. The third-order valence-corrected chi connectivity index (χ3v) is 2.36. The van der Waals surface area contributed by atoms with E-state index in [4.69, 9.17) is 9.47 Å². The molecule has 0 fully saturated rings. The molecule has 0 bridgehead atoms. The quantitative estimate of drug-likeness (QED) is 0.709. The molecule has 0 aliphatic rings. The molecule has 2 nitrogen and oxygen atoms in total. The van der Waals surface area contributed by atoms with E-state index in [0.717, 1.165) is 5.75 Å². The van der Waals surface area contributed by atoms with E-state index in [1.54, 1.807) is 7.11 Å². The van der Waals surface area contributed by atoms with Crippen LogP contribution in [0.3, 0.4) is 0 Å². The highest BCUT2D eigenvalue weighted by Crippen LogP contribution is 2.24. The molecule has 1 aromatic carbocycles. The molecular formula is C14H20O2. The average molecular weight is 220 g/mol. The Kier molecular flexibility index (Phi) is 5.06. The van der Waals surface area contributed by atoms with Crippen LogP contribution in [0.15, 0.2) is 24.3 Å². The second kappa shape index (κ2) is 6.33. The molecule has 0 saturated carbocycles. The monoisotopic (exact) mass is 220 g/mol. The smallest absolute Gasteiger partial charge is 0.125 e. The van der Waals surface area contributed by atoms with E-state index in [2.05, 4.69) is 32.9 Å². The number of hydrogen-bond acceptors (Lipinski definition) is 2. The van der Waals surface area contributed by atoms with E-state index < -0.39 is 0 Å². The first-order valence-electron chi connectivity index (χ1n) is 5.49. The van der Waals surface area contributed by atoms with Crippen molar-refractivity contribution < 1.29 is 9.47 Å². The largest absolute Gasteiger partial charge is 0.489 e. The molecule has 0 saturated heterocycles. The zero-order chi connectivity index (χ0) is 12.0. The summed E-state index contributed by atoms with van der Waals surface area (Å²) in [5.74, 6) is 0.993. The Balaban J connectivity index is 2.60. The van der Waals surface area contributed by atoms with Crippen molar-refractivity contribution in [2.24, 2.45) is 0 Å². The van der Waals surface area contributed by atoms with Crippen molar-refractivity contribution in [2.75, 3.05) is 20.3 Å². The summed E-state index contributed by atoms with van der Waals surface area (Å²) in [6.07, 6.45) is 3.93. The van der Waals surface area contributed by atoms with Gasteiger partial charge in [-0.2, -0.15) is 0 Å². The minimum Gasteiger partial charge on any atom is -0.489 e. The Morgan fingerprint density at radius 1 is 1.00 bits per heavy atom. The Morgan fingerprint density at radius 3 is 2.12 bits per heavy atom. The van der Waals surface area contributed by atoms with Crippen molar-refractivity contribution in [1.29, 1.82) is 0 Å². The fourth-order valence-electron chi connectivity index (χ4n) is 1.76. The van der Waals surface area contributed by atoms with Gasteiger partial charge in [0.05, 0.1) is 6.61 Å². The number of rotatable bonds is 5. The normalized spacial score (nSPS) is 11.0. The standard InChI is InChI=1S/C14H20O2/c1-11-9-12(2)14(13(3)10-11)16-8-6-5-7-15-4/h5-6,9-10H,7-8H2,1-4H3/b6-5+. The molecule has 0 amide bonds. The van der Waals surface area contributed by atoms with Gasteiger partial charge in [-0.25, -0.2) is 0 Å². The lowest BCUT2D eigenvalue weighted by atomic mass is 10.1. The van der Waals surface area contributed by atoms with Gasteiger partial charge in [0.15, 0.2) is 0 Å². The molecule has 0 heterocycles. The summed E-state index contributed by atoms with van der Waals surface area (Å²) in [6.45, 7) is 7.48. The van der Waals surface area contributed by atoms with Gasteiger partial charge >= 0.3 is 0 Å². The summed E-state index contributed by atoms with van der Waals surface area (Å²) >= 11 is 0. The van der Waals surface area contributed by atoms with Crippen LogP contribution in [0, 0.1) is 20.8 Å². The highest BCUT2D eigenvalue weighted by molar-refractivity contribution is 5.42. The summed E-state index contributed by atoms with van der Waals surface area (Å²) in [4.78, 5) is 0. The zero-order valence-corrected chi connectivity index (χ0v) is 10.5. The topological polar surface area (TPSA) is 18.5 Å². The third kappa shape index (κ3) is 3.70. The van der Waals surface area contributed by atoms with Crippen LogP contribution >= 0.6 is 0 Å². The Morgan fingerprint density at radius 2 is 1.56 bits per heavy atom. The molecule has 0 aliphatic heterocycles. The summed E-state index contributed by atoms with van der Waals surface area (Å²) in [7, 11) is 1.68. The molecule has 0 unspecified atom stereocenters. The molecule has 2 heteroatoms. The Bertz CT molecular complexity index is 344. The maximum atomic E-state index is 5.73. The molecule has 1 rings (SSSR count). The zero-order valence-electron chi connectivity index (χ0n) is 10.5. The van der Waals surface area contributed by atoms with Crippen molar-refractivity contribution >= 4 is 0 Å². The van der Waals surface area contributed by atoms with Gasteiger partial charge in [0.25, 0.3) is 0 Å². The number of aryl methyl sites for hydroxylation is 3. The molecule has 16 heavy (non-hydrogen) atoms. The van der Waals surface area contributed by atoms with Gasteiger partial charge in [-0.3, -0.25) is 0 Å². The van der Waals surface area contributed by atoms with E-state index >= 15 is 0 Å². The summed E-state index contributed by atoms with van der Waals surface area (Å²) < 4.78 is 10.6. The van der Waals surface area contributed by atoms with Crippen LogP contribution in [0.5, 0.6) is 5.75 Å². The maximum Gasteiger partial charge on any atom is 0.125 e. The number of hydrogen-bond donors (Lipinski definition) is 0. The van der Waals surface area contributed by atoms with E-state index in [1.165, 1.54) is 16.7 Å². The number of ether oxygens (including phenoxy) is 2. The number of benzene rings is 1. The van der Waals surface area contributed by atoms with Crippen molar-refractivity contribution in [3.05, 3.63) is 41.0 Å². The molecule has 0 N–H and O–H groups in total. The average Bonchev–Trinajstić information content (AvgIpc) is 2.20. The predicted octanol–water partition coefficient (Wildman–Crippen LogP) is 3.19. The van der Waals surface area contributed by atoms with Crippen molar-refractivity contribution in [2.45, 2.75) is 20.8 Å². The van der Waals surface area contributed by atoms with Crippen LogP contribution in [-0.4, -0.2) is 20.3 Å². The SMILES string of the molecule is COC/C=C/COc1c(C)cc(C)cc1C. The van der Waals surface area contributed by atoms with Crippen molar-refractivity contribution in [1.82, 2.24) is 0 Å². The fraction of sp³-hybridized carbons (Fsp3) is 0.429. The van der Waals surface area contributed by atoms with Crippen LogP contribution in [0.25, 0.3) is 0 Å². The second-order valence-electron chi connectivity index (χ2n) is 3.97. The van der Waals surface area contributed by atoms with Crippen LogP contribution in [0.4, 0.5) is 0 Å². The minimum absolute atomic E-state index is 0.591. The first-order valence-corrected chi connectivity index (χ1v) is 5.49. The summed E-state index contributed by atoms with van der Waals surface area (Å²) in [5, 5.41) is 0. The third-order valence-electron chi connectivity index (χ3n) is 2.36. The summed E-state index contributed by atoms with van der Waals surface area (Å²) in [5.41, 5.74) is 3.66. The number of methoxy groups -OCH3 is 1. The van der Waals surface area contributed by atoms with Gasteiger partial charge in [-0.1, -0.05) is 23.8 Å².